The molecule has 1 saturated heterocycles. The predicted octanol–water partition coefficient (Wildman–Crippen LogP) is 3.69. The Kier molecular flexibility index (Phi) is 5.36. The fraction of sp³-hybridized carbons (Fsp3) is 0.333. The minimum Gasteiger partial charge on any atom is -0.354 e. The van der Waals surface area contributed by atoms with Gasteiger partial charge in [-0.05, 0) is 36.2 Å². The Morgan fingerprint density at radius 2 is 1.96 bits per heavy atom. The fourth-order valence-electron chi connectivity index (χ4n) is 2.89. The Morgan fingerprint density at radius 3 is 2.58 bits per heavy atom. The van der Waals surface area contributed by atoms with Crippen LogP contribution >= 0.6 is 11.6 Å². The molecule has 3 rings (SSSR count). The first kappa shape index (κ1) is 18.5. The topological polar surface area (TPSA) is 45.2 Å². The Hall–Kier alpha value is -2.28. The second kappa shape index (κ2) is 7.53. The summed E-state index contributed by atoms with van der Waals surface area (Å²) in [6.07, 6.45) is -2.59. The number of carbonyl (C=O) groups is 1. The minimum atomic E-state index is -4.39. The molecule has 4 nitrogen and oxygen atoms in total. The molecule has 1 N–H and O–H groups in total. The van der Waals surface area contributed by atoms with Gasteiger partial charge in [0.1, 0.15) is 5.82 Å². The van der Waals surface area contributed by atoms with Gasteiger partial charge < -0.3 is 10.2 Å². The average molecular weight is 384 g/mol. The van der Waals surface area contributed by atoms with E-state index in [1.807, 2.05) is 4.90 Å². The number of rotatable bonds is 4. The maximum atomic E-state index is 12.6. The van der Waals surface area contributed by atoms with Crippen LogP contribution in [0.2, 0.25) is 5.02 Å². The average Bonchev–Trinajstić information content (AvgIpc) is 3.04. The van der Waals surface area contributed by atoms with Crippen molar-refractivity contribution in [2.24, 2.45) is 0 Å². The molecular formula is C18H17ClF3N3O. The molecule has 1 aromatic heterocycles. The summed E-state index contributed by atoms with van der Waals surface area (Å²) in [6, 6.07) is 9.40. The molecule has 1 amide bonds. The SMILES string of the molecule is O=C(Cc1ccc(Cl)cc1)NC1CCN(c2ccc(C(F)(F)F)cn2)C1. The van der Waals surface area contributed by atoms with E-state index in [-0.39, 0.29) is 18.4 Å². The van der Waals surface area contributed by atoms with Crippen LogP contribution in [0.15, 0.2) is 42.6 Å². The molecule has 1 aliphatic rings. The lowest BCUT2D eigenvalue weighted by atomic mass is 10.1. The number of alkyl halides is 3. The zero-order valence-corrected chi connectivity index (χ0v) is 14.5. The van der Waals surface area contributed by atoms with E-state index in [1.165, 1.54) is 6.07 Å². The molecule has 138 valence electrons. The maximum absolute atomic E-state index is 12.6. The van der Waals surface area contributed by atoms with E-state index >= 15 is 0 Å². The third-order valence-electron chi connectivity index (χ3n) is 4.23. The molecule has 1 aromatic carbocycles. The van der Waals surface area contributed by atoms with Crippen LogP contribution in [0.1, 0.15) is 17.5 Å². The maximum Gasteiger partial charge on any atom is 0.417 e. The number of amides is 1. The Bertz CT molecular complexity index is 763. The van der Waals surface area contributed by atoms with E-state index in [1.54, 1.807) is 24.3 Å². The van der Waals surface area contributed by atoms with Crippen molar-refractivity contribution in [2.45, 2.75) is 25.1 Å². The number of carbonyl (C=O) groups excluding carboxylic acids is 1. The molecule has 1 unspecified atom stereocenters. The van der Waals surface area contributed by atoms with E-state index < -0.39 is 11.7 Å². The first-order chi connectivity index (χ1) is 12.3. The minimum absolute atomic E-state index is 0.0566. The second-order valence-electron chi connectivity index (χ2n) is 6.21. The van der Waals surface area contributed by atoms with Crippen molar-refractivity contribution >= 4 is 23.3 Å². The summed E-state index contributed by atoms with van der Waals surface area (Å²) in [4.78, 5) is 17.9. The number of nitrogens with one attached hydrogen (secondary N) is 1. The molecule has 0 bridgehead atoms. The summed E-state index contributed by atoms with van der Waals surface area (Å²) in [6.45, 7) is 1.15. The van der Waals surface area contributed by atoms with Gasteiger partial charge in [-0.1, -0.05) is 23.7 Å². The zero-order chi connectivity index (χ0) is 18.7. The Morgan fingerprint density at radius 1 is 1.23 bits per heavy atom. The van der Waals surface area contributed by atoms with Crippen LogP contribution in [0.25, 0.3) is 0 Å². The highest BCUT2D eigenvalue weighted by Crippen LogP contribution is 2.29. The van der Waals surface area contributed by atoms with E-state index in [0.717, 1.165) is 24.2 Å². The van der Waals surface area contributed by atoms with E-state index in [2.05, 4.69) is 10.3 Å². The van der Waals surface area contributed by atoms with Gasteiger partial charge >= 0.3 is 6.18 Å². The summed E-state index contributed by atoms with van der Waals surface area (Å²) in [7, 11) is 0. The normalized spacial score (nSPS) is 17.4. The third kappa shape index (κ3) is 4.66. The van der Waals surface area contributed by atoms with Crippen LogP contribution in [0.5, 0.6) is 0 Å². The standard InChI is InChI=1S/C18H17ClF3N3O/c19-14-4-1-12(2-5-14)9-17(26)24-15-7-8-25(11-15)16-6-3-13(10-23-16)18(20,21)22/h1-6,10,15H,7-9,11H2,(H,24,26). The highest BCUT2D eigenvalue weighted by molar-refractivity contribution is 6.30. The van der Waals surface area contributed by atoms with Gasteiger partial charge in [-0.25, -0.2) is 4.98 Å². The summed E-state index contributed by atoms with van der Waals surface area (Å²) in [5.41, 5.74) is 0.0967. The van der Waals surface area contributed by atoms with Gasteiger partial charge in [-0.15, -0.1) is 0 Å². The van der Waals surface area contributed by atoms with Gasteiger partial charge in [0.25, 0.3) is 0 Å². The Balaban J connectivity index is 1.53. The first-order valence-electron chi connectivity index (χ1n) is 8.13. The van der Waals surface area contributed by atoms with Crippen molar-refractivity contribution < 1.29 is 18.0 Å². The first-order valence-corrected chi connectivity index (χ1v) is 8.51. The number of nitrogens with zero attached hydrogens (tertiary/aromatic N) is 2. The van der Waals surface area contributed by atoms with Gasteiger partial charge in [-0.2, -0.15) is 13.2 Å². The molecular weight excluding hydrogens is 367 g/mol. The number of halogens is 4. The van der Waals surface area contributed by atoms with Crippen LogP contribution in [0.4, 0.5) is 19.0 Å². The van der Waals surface area contributed by atoms with Crippen LogP contribution in [0, 0.1) is 0 Å². The molecule has 26 heavy (non-hydrogen) atoms. The molecule has 2 heterocycles. The lowest BCUT2D eigenvalue weighted by molar-refractivity contribution is -0.137. The largest absolute Gasteiger partial charge is 0.417 e. The molecule has 0 aliphatic carbocycles. The van der Waals surface area contributed by atoms with Crippen molar-refractivity contribution in [1.29, 1.82) is 0 Å². The molecule has 8 heteroatoms. The number of benzene rings is 1. The number of hydrogen-bond donors (Lipinski definition) is 1. The van der Waals surface area contributed by atoms with Crippen molar-refractivity contribution in [3.63, 3.8) is 0 Å². The van der Waals surface area contributed by atoms with Gasteiger partial charge in [0.2, 0.25) is 5.91 Å². The van der Waals surface area contributed by atoms with Crippen LogP contribution in [-0.2, 0) is 17.4 Å². The van der Waals surface area contributed by atoms with Crippen LogP contribution in [-0.4, -0.2) is 30.0 Å². The van der Waals surface area contributed by atoms with Crippen molar-refractivity contribution in [1.82, 2.24) is 10.3 Å². The second-order valence-corrected chi connectivity index (χ2v) is 6.64. The predicted molar refractivity (Wildman–Crippen MR) is 93.2 cm³/mol. The fourth-order valence-corrected chi connectivity index (χ4v) is 3.02. The third-order valence-corrected chi connectivity index (χ3v) is 4.48. The smallest absolute Gasteiger partial charge is 0.354 e. The van der Waals surface area contributed by atoms with Crippen LogP contribution < -0.4 is 10.2 Å². The van der Waals surface area contributed by atoms with Gasteiger partial charge in [0.15, 0.2) is 0 Å². The quantitative estimate of drug-likeness (QED) is 0.875. The number of hydrogen-bond acceptors (Lipinski definition) is 3. The summed E-state index contributed by atoms with van der Waals surface area (Å²) < 4.78 is 37.8. The molecule has 0 spiro atoms. The summed E-state index contributed by atoms with van der Waals surface area (Å²) in [5, 5.41) is 3.57. The van der Waals surface area contributed by atoms with Crippen molar-refractivity contribution in [3.05, 3.63) is 58.7 Å². The molecule has 0 radical (unpaired) electrons. The molecule has 0 saturated carbocycles. The molecule has 1 atom stereocenters. The molecule has 1 aliphatic heterocycles. The van der Waals surface area contributed by atoms with Crippen LogP contribution in [0.3, 0.4) is 0 Å². The number of anilines is 1. The molecule has 1 fully saturated rings. The van der Waals surface area contributed by atoms with Gasteiger partial charge in [0, 0.05) is 30.4 Å². The lowest BCUT2D eigenvalue weighted by Crippen LogP contribution is -2.38. The number of pyridine rings is 1. The summed E-state index contributed by atoms with van der Waals surface area (Å²) >= 11 is 5.82. The Labute approximate surface area is 154 Å². The zero-order valence-electron chi connectivity index (χ0n) is 13.8. The van der Waals surface area contributed by atoms with Gasteiger partial charge in [-0.3, -0.25) is 4.79 Å². The van der Waals surface area contributed by atoms with Crippen molar-refractivity contribution in [3.8, 4) is 0 Å². The highest BCUT2D eigenvalue weighted by atomic mass is 35.5. The molecule has 2 aromatic rings. The van der Waals surface area contributed by atoms with E-state index in [4.69, 9.17) is 11.6 Å². The van der Waals surface area contributed by atoms with E-state index in [0.29, 0.717) is 23.9 Å². The number of aromatic nitrogens is 1. The monoisotopic (exact) mass is 383 g/mol. The summed E-state index contributed by atoms with van der Waals surface area (Å²) in [5.74, 6) is 0.381. The van der Waals surface area contributed by atoms with Gasteiger partial charge in [0.05, 0.1) is 12.0 Å². The highest BCUT2D eigenvalue weighted by Gasteiger charge is 2.31. The van der Waals surface area contributed by atoms with Crippen molar-refractivity contribution in [2.75, 3.05) is 18.0 Å². The lowest BCUT2D eigenvalue weighted by Gasteiger charge is -2.18. The van der Waals surface area contributed by atoms with E-state index in [9.17, 15) is 18.0 Å².